The van der Waals surface area contributed by atoms with Gasteiger partial charge in [-0.3, -0.25) is 0 Å². The minimum Gasteiger partial charge on any atom is -0.447 e. The van der Waals surface area contributed by atoms with Crippen molar-refractivity contribution < 1.29 is 14.3 Å². The molecule has 3 aromatic rings. The summed E-state index contributed by atoms with van der Waals surface area (Å²) in [5, 5.41) is 4.05. The molecule has 0 saturated heterocycles. The van der Waals surface area contributed by atoms with Gasteiger partial charge in [0.1, 0.15) is 17.8 Å². The summed E-state index contributed by atoms with van der Waals surface area (Å²) < 4.78 is 12.2. The van der Waals surface area contributed by atoms with Crippen molar-refractivity contribution in [2.75, 3.05) is 20.3 Å². The molecule has 3 aromatic heterocycles. The van der Waals surface area contributed by atoms with Gasteiger partial charge in [0.05, 0.1) is 24.6 Å². The van der Waals surface area contributed by atoms with E-state index in [-0.39, 0.29) is 18.7 Å². The van der Waals surface area contributed by atoms with Crippen LogP contribution in [-0.4, -0.2) is 52.0 Å². The summed E-state index contributed by atoms with van der Waals surface area (Å²) in [5.74, 6) is 0. The van der Waals surface area contributed by atoms with Crippen molar-refractivity contribution >= 4 is 28.2 Å². The highest BCUT2D eigenvalue weighted by Gasteiger charge is 2.25. The Morgan fingerprint density at radius 1 is 1.31 bits per heavy atom. The summed E-state index contributed by atoms with van der Waals surface area (Å²) in [7, 11) is 1.58. The number of imidazole rings is 1. The van der Waals surface area contributed by atoms with Crippen molar-refractivity contribution in [3.05, 3.63) is 24.8 Å². The van der Waals surface area contributed by atoms with Crippen LogP contribution in [0.1, 0.15) is 31.7 Å². The van der Waals surface area contributed by atoms with Crippen LogP contribution in [0.5, 0.6) is 0 Å². The van der Waals surface area contributed by atoms with E-state index in [2.05, 4.69) is 24.8 Å². The lowest BCUT2D eigenvalue weighted by atomic mass is 9.91. The van der Waals surface area contributed by atoms with E-state index in [0.717, 1.165) is 47.8 Å². The number of fused-ring (bicyclic) bond motifs is 3. The molecule has 8 heteroatoms. The van der Waals surface area contributed by atoms with Gasteiger partial charge in [0.15, 0.2) is 0 Å². The molecular weight excluding hydrogens is 334 g/mol. The first-order valence-electron chi connectivity index (χ1n) is 8.97. The first-order chi connectivity index (χ1) is 12.8. The Bertz CT molecular complexity index is 895. The first-order valence-corrected chi connectivity index (χ1v) is 8.97. The lowest BCUT2D eigenvalue weighted by molar-refractivity contribution is 0.0945. The number of pyridine rings is 1. The number of alkyl carbamates (subject to hydrolysis) is 1. The molecule has 0 spiro atoms. The van der Waals surface area contributed by atoms with Gasteiger partial charge in [0, 0.05) is 30.8 Å². The Kier molecular flexibility index (Phi) is 4.75. The number of H-pyrrole nitrogens is 1. The Morgan fingerprint density at radius 2 is 2.15 bits per heavy atom. The zero-order chi connectivity index (χ0) is 17.9. The van der Waals surface area contributed by atoms with Gasteiger partial charge in [-0.15, -0.1) is 0 Å². The van der Waals surface area contributed by atoms with Crippen molar-refractivity contribution in [1.82, 2.24) is 24.8 Å². The maximum Gasteiger partial charge on any atom is 0.407 e. The van der Waals surface area contributed by atoms with Crippen LogP contribution < -0.4 is 5.32 Å². The number of aromatic nitrogens is 4. The lowest BCUT2D eigenvalue weighted by Crippen LogP contribution is -2.38. The zero-order valence-corrected chi connectivity index (χ0v) is 14.8. The third-order valence-electron chi connectivity index (χ3n) is 5.05. The molecule has 1 aliphatic rings. The number of amides is 1. The molecule has 4 rings (SSSR count). The number of nitrogens with one attached hydrogen (secondary N) is 2. The minimum atomic E-state index is -0.362. The van der Waals surface area contributed by atoms with E-state index < -0.39 is 0 Å². The van der Waals surface area contributed by atoms with Crippen LogP contribution in [0, 0.1) is 0 Å². The predicted octanol–water partition coefficient (Wildman–Crippen LogP) is 2.77. The standard InChI is InChI=1S/C18H23N5O3/c1-25-8-9-26-18(24)22-12-2-4-13(5-3-12)23-11-21-15-10-20-17-14(16(15)23)6-7-19-17/h6-7,10-13H,2-5,8-9H2,1H3,(H,19,20)(H,22,24). The maximum atomic E-state index is 11.8. The maximum absolute atomic E-state index is 11.8. The molecule has 1 aliphatic carbocycles. The van der Waals surface area contributed by atoms with Crippen molar-refractivity contribution in [2.24, 2.45) is 0 Å². The first kappa shape index (κ1) is 16.8. The Hall–Kier alpha value is -2.61. The van der Waals surface area contributed by atoms with E-state index in [1.165, 1.54) is 0 Å². The molecule has 0 aromatic carbocycles. The number of ether oxygens (including phenoxy) is 2. The smallest absolute Gasteiger partial charge is 0.407 e. The average Bonchev–Trinajstić information content (AvgIpc) is 3.28. The van der Waals surface area contributed by atoms with Gasteiger partial charge < -0.3 is 24.3 Å². The highest BCUT2D eigenvalue weighted by molar-refractivity contribution is 6.00. The molecule has 0 atom stereocenters. The number of nitrogens with zero attached hydrogens (tertiary/aromatic N) is 3. The van der Waals surface area contributed by atoms with Crippen LogP contribution in [0.3, 0.4) is 0 Å². The fraction of sp³-hybridized carbons (Fsp3) is 0.500. The second-order valence-electron chi connectivity index (χ2n) is 6.66. The van der Waals surface area contributed by atoms with Gasteiger partial charge in [-0.25, -0.2) is 14.8 Å². The van der Waals surface area contributed by atoms with Crippen LogP contribution in [0.25, 0.3) is 22.1 Å². The number of hydrogen-bond acceptors (Lipinski definition) is 5. The number of carbonyl (C=O) groups excluding carboxylic acids is 1. The molecule has 1 saturated carbocycles. The van der Waals surface area contributed by atoms with E-state index in [0.29, 0.717) is 12.6 Å². The Labute approximate surface area is 150 Å². The summed E-state index contributed by atoms with van der Waals surface area (Å²) in [6.07, 6.45) is 9.09. The molecule has 26 heavy (non-hydrogen) atoms. The third kappa shape index (κ3) is 3.24. The molecule has 0 unspecified atom stereocenters. The Balaban J connectivity index is 1.41. The molecule has 0 radical (unpaired) electrons. The normalized spacial score (nSPS) is 20.5. The van der Waals surface area contributed by atoms with Gasteiger partial charge in [-0.2, -0.15) is 0 Å². The lowest BCUT2D eigenvalue weighted by Gasteiger charge is -2.30. The summed E-state index contributed by atoms with van der Waals surface area (Å²) in [6.45, 7) is 0.690. The van der Waals surface area contributed by atoms with Crippen molar-refractivity contribution in [1.29, 1.82) is 0 Å². The summed E-state index contributed by atoms with van der Waals surface area (Å²) in [5.41, 5.74) is 2.93. The fourth-order valence-electron chi connectivity index (χ4n) is 3.73. The van der Waals surface area contributed by atoms with Crippen LogP contribution in [0.15, 0.2) is 24.8 Å². The number of aromatic amines is 1. The van der Waals surface area contributed by atoms with Gasteiger partial charge in [-0.05, 0) is 31.7 Å². The van der Waals surface area contributed by atoms with Crippen LogP contribution in [0.2, 0.25) is 0 Å². The van der Waals surface area contributed by atoms with Crippen LogP contribution in [-0.2, 0) is 9.47 Å². The second-order valence-corrected chi connectivity index (χ2v) is 6.66. The third-order valence-corrected chi connectivity index (χ3v) is 5.05. The van der Waals surface area contributed by atoms with Crippen LogP contribution in [0.4, 0.5) is 4.79 Å². The molecule has 1 fully saturated rings. The summed E-state index contributed by atoms with van der Waals surface area (Å²) >= 11 is 0. The topological polar surface area (TPSA) is 94.1 Å². The molecule has 0 bridgehead atoms. The highest BCUT2D eigenvalue weighted by Crippen LogP contribution is 2.33. The van der Waals surface area contributed by atoms with Crippen LogP contribution >= 0.6 is 0 Å². The monoisotopic (exact) mass is 357 g/mol. The zero-order valence-electron chi connectivity index (χ0n) is 14.8. The van der Waals surface area contributed by atoms with Crippen molar-refractivity contribution in [3.63, 3.8) is 0 Å². The minimum absolute atomic E-state index is 0.157. The molecule has 3 heterocycles. The highest BCUT2D eigenvalue weighted by atomic mass is 16.6. The van der Waals surface area contributed by atoms with E-state index in [1.807, 2.05) is 24.8 Å². The van der Waals surface area contributed by atoms with Gasteiger partial charge in [0.25, 0.3) is 0 Å². The molecule has 8 nitrogen and oxygen atoms in total. The van der Waals surface area contributed by atoms with E-state index in [9.17, 15) is 4.79 Å². The molecular formula is C18H23N5O3. The summed E-state index contributed by atoms with van der Waals surface area (Å²) in [6, 6.07) is 2.58. The molecule has 138 valence electrons. The molecule has 1 amide bonds. The van der Waals surface area contributed by atoms with Gasteiger partial charge in [0.2, 0.25) is 0 Å². The van der Waals surface area contributed by atoms with Gasteiger partial charge in [-0.1, -0.05) is 0 Å². The predicted molar refractivity (Wildman–Crippen MR) is 97.0 cm³/mol. The fourth-order valence-corrected chi connectivity index (χ4v) is 3.73. The SMILES string of the molecule is COCCOC(=O)NC1CCC(n2cnc3cnc4[nH]ccc4c32)CC1. The van der Waals surface area contributed by atoms with E-state index in [4.69, 9.17) is 9.47 Å². The number of methoxy groups -OCH3 is 1. The molecule has 0 aliphatic heterocycles. The average molecular weight is 357 g/mol. The largest absolute Gasteiger partial charge is 0.447 e. The van der Waals surface area contributed by atoms with E-state index >= 15 is 0 Å². The quantitative estimate of drug-likeness (QED) is 0.685. The second kappa shape index (κ2) is 7.33. The number of rotatable bonds is 5. The van der Waals surface area contributed by atoms with Gasteiger partial charge >= 0.3 is 6.09 Å². The molecule has 2 N–H and O–H groups in total. The number of hydrogen-bond donors (Lipinski definition) is 2. The van der Waals surface area contributed by atoms with Crippen molar-refractivity contribution in [3.8, 4) is 0 Å². The van der Waals surface area contributed by atoms with E-state index in [1.54, 1.807) is 7.11 Å². The number of carbonyl (C=O) groups is 1. The van der Waals surface area contributed by atoms with Crippen molar-refractivity contribution in [2.45, 2.75) is 37.8 Å². The summed E-state index contributed by atoms with van der Waals surface area (Å²) in [4.78, 5) is 23.9. The Morgan fingerprint density at radius 3 is 2.96 bits per heavy atom.